The Morgan fingerprint density at radius 3 is 2.78 bits per heavy atom. The molecule has 188 valence electrons. The zero-order valence-electron chi connectivity index (χ0n) is 19.9. The molecule has 0 radical (unpaired) electrons. The summed E-state index contributed by atoms with van der Waals surface area (Å²) in [5, 5.41) is 4.67. The van der Waals surface area contributed by atoms with Crippen molar-refractivity contribution in [2.45, 2.75) is 37.8 Å². The van der Waals surface area contributed by atoms with Gasteiger partial charge in [-0.2, -0.15) is 4.31 Å². The summed E-state index contributed by atoms with van der Waals surface area (Å²) in [5.74, 6) is 1.41. The van der Waals surface area contributed by atoms with Crippen LogP contribution in [-0.4, -0.2) is 55.3 Å². The SMILES string of the molecule is Cc1noc(C)c1S(=O)(=O)N1CCOc2c(cc(-c3nc4ccccc4s3)cc2OC2CCOC2)C1. The van der Waals surface area contributed by atoms with E-state index in [4.69, 9.17) is 23.7 Å². The van der Waals surface area contributed by atoms with Crippen molar-refractivity contribution in [2.75, 3.05) is 26.4 Å². The molecule has 1 unspecified atom stereocenters. The van der Waals surface area contributed by atoms with Crippen LogP contribution in [0.15, 0.2) is 45.8 Å². The lowest BCUT2D eigenvalue weighted by molar-refractivity contribution is 0.137. The van der Waals surface area contributed by atoms with Crippen molar-refractivity contribution < 1.29 is 27.2 Å². The molecule has 6 rings (SSSR count). The van der Waals surface area contributed by atoms with E-state index < -0.39 is 10.0 Å². The van der Waals surface area contributed by atoms with Gasteiger partial charge in [0.25, 0.3) is 0 Å². The van der Waals surface area contributed by atoms with Crippen molar-refractivity contribution in [2.24, 2.45) is 0 Å². The molecule has 2 aromatic heterocycles. The minimum absolute atomic E-state index is 0.0892. The summed E-state index contributed by atoms with van der Waals surface area (Å²) in [6.45, 7) is 4.89. The summed E-state index contributed by atoms with van der Waals surface area (Å²) in [4.78, 5) is 4.91. The molecule has 36 heavy (non-hydrogen) atoms. The fourth-order valence-corrected chi connectivity index (χ4v) is 7.28. The molecule has 2 aliphatic rings. The summed E-state index contributed by atoms with van der Waals surface area (Å²) < 4.78 is 52.8. The maximum atomic E-state index is 13.6. The van der Waals surface area contributed by atoms with E-state index >= 15 is 0 Å². The van der Waals surface area contributed by atoms with E-state index in [-0.39, 0.29) is 36.5 Å². The van der Waals surface area contributed by atoms with Crippen molar-refractivity contribution in [3.05, 3.63) is 53.4 Å². The first kappa shape index (κ1) is 23.4. The fourth-order valence-electron chi connectivity index (χ4n) is 4.63. The number of nitrogens with zero attached hydrogens (tertiary/aromatic N) is 3. The molecule has 0 spiro atoms. The minimum Gasteiger partial charge on any atom is -0.488 e. The van der Waals surface area contributed by atoms with E-state index in [1.165, 1.54) is 4.31 Å². The summed E-state index contributed by atoms with van der Waals surface area (Å²) in [6, 6.07) is 11.9. The number of aryl methyl sites for hydroxylation is 2. The van der Waals surface area contributed by atoms with Gasteiger partial charge in [0.2, 0.25) is 10.0 Å². The summed E-state index contributed by atoms with van der Waals surface area (Å²) in [7, 11) is -3.86. The molecule has 4 aromatic rings. The maximum absolute atomic E-state index is 13.6. The van der Waals surface area contributed by atoms with Crippen LogP contribution in [0, 0.1) is 13.8 Å². The first-order chi connectivity index (χ1) is 17.4. The number of benzene rings is 2. The summed E-state index contributed by atoms with van der Waals surface area (Å²) >= 11 is 1.58. The molecule has 0 saturated carbocycles. The molecule has 1 atom stereocenters. The lowest BCUT2D eigenvalue weighted by Crippen LogP contribution is -2.33. The van der Waals surface area contributed by atoms with Crippen LogP contribution in [0.3, 0.4) is 0 Å². The zero-order valence-corrected chi connectivity index (χ0v) is 21.5. The van der Waals surface area contributed by atoms with Gasteiger partial charge in [0.05, 0.1) is 23.4 Å². The van der Waals surface area contributed by atoms with Gasteiger partial charge in [0.15, 0.2) is 17.3 Å². The Balaban J connectivity index is 1.44. The number of hydrogen-bond acceptors (Lipinski definition) is 9. The molecule has 0 bridgehead atoms. The number of thiazole rings is 1. The molecule has 0 aliphatic carbocycles. The van der Waals surface area contributed by atoms with E-state index in [0.717, 1.165) is 27.2 Å². The third-order valence-electron chi connectivity index (χ3n) is 6.35. The predicted molar refractivity (Wildman–Crippen MR) is 134 cm³/mol. The lowest BCUT2D eigenvalue weighted by atomic mass is 10.1. The van der Waals surface area contributed by atoms with Crippen LogP contribution in [0.1, 0.15) is 23.4 Å². The number of rotatable bonds is 5. The second-order valence-corrected chi connectivity index (χ2v) is 11.8. The van der Waals surface area contributed by atoms with Crippen molar-refractivity contribution in [3.63, 3.8) is 0 Å². The topological polar surface area (TPSA) is 104 Å². The average molecular weight is 528 g/mol. The first-order valence-corrected chi connectivity index (χ1v) is 14.0. The van der Waals surface area contributed by atoms with E-state index in [0.29, 0.717) is 36.0 Å². The number of sulfonamides is 1. The summed E-state index contributed by atoms with van der Waals surface area (Å²) in [6.07, 6.45) is 0.695. The highest BCUT2D eigenvalue weighted by Gasteiger charge is 2.34. The van der Waals surface area contributed by atoms with Crippen LogP contribution >= 0.6 is 11.3 Å². The van der Waals surface area contributed by atoms with Gasteiger partial charge in [0, 0.05) is 30.6 Å². The molecule has 1 fully saturated rings. The number of aromatic nitrogens is 2. The number of ether oxygens (including phenoxy) is 3. The molecule has 1 saturated heterocycles. The third kappa shape index (κ3) is 4.15. The van der Waals surface area contributed by atoms with Crippen LogP contribution in [0.2, 0.25) is 0 Å². The van der Waals surface area contributed by atoms with Crippen LogP contribution in [0.4, 0.5) is 0 Å². The molecule has 2 aliphatic heterocycles. The van der Waals surface area contributed by atoms with Gasteiger partial charge in [-0.3, -0.25) is 0 Å². The molecule has 2 aromatic carbocycles. The molecule has 0 amide bonds. The molecule has 11 heteroatoms. The second-order valence-electron chi connectivity index (χ2n) is 8.89. The predicted octanol–water partition coefficient (Wildman–Crippen LogP) is 4.32. The van der Waals surface area contributed by atoms with Gasteiger partial charge in [-0.25, -0.2) is 13.4 Å². The van der Waals surface area contributed by atoms with Crippen LogP contribution < -0.4 is 9.47 Å². The fraction of sp³-hybridized carbons (Fsp3) is 0.360. The largest absolute Gasteiger partial charge is 0.488 e. The van der Waals surface area contributed by atoms with Gasteiger partial charge in [0.1, 0.15) is 28.3 Å². The van der Waals surface area contributed by atoms with Gasteiger partial charge in [-0.15, -0.1) is 11.3 Å². The molecule has 4 heterocycles. The summed E-state index contributed by atoms with van der Waals surface area (Å²) in [5.41, 5.74) is 2.82. The van der Waals surface area contributed by atoms with Crippen LogP contribution in [0.5, 0.6) is 11.5 Å². The zero-order chi connectivity index (χ0) is 24.9. The molecular formula is C25H25N3O6S2. The average Bonchev–Trinajstić information content (AvgIpc) is 3.56. The maximum Gasteiger partial charge on any atom is 0.248 e. The molecular weight excluding hydrogens is 502 g/mol. The quantitative estimate of drug-likeness (QED) is 0.378. The standard InChI is InChI=1S/C25H25N3O6S2/c1-15-24(16(2)34-27-15)36(29,30)28-8-10-32-23-18(13-28)11-17(12-21(23)33-19-7-9-31-14-19)25-26-20-5-3-4-6-22(20)35-25/h3-6,11-12,19H,7-10,13-14H2,1-2H3. The monoisotopic (exact) mass is 527 g/mol. The highest BCUT2D eigenvalue weighted by molar-refractivity contribution is 7.89. The highest BCUT2D eigenvalue weighted by atomic mass is 32.2. The number of para-hydroxylation sites is 1. The van der Waals surface area contributed by atoms with Crippen LogP contribution in [0.25, 0.3) is 20.8 Å². The third-order valence-corrected chi connectivity index (χ3v) is 9.53. The molecule has 0 N–H and O–H groups in total. The minimum atomic E-state index is -3.86. The number of fused-ring (bicyclic) bond motifs is 2. The van der Waals surface area contributed by atoms with E-state index in [9.17, 15) is 8.42 Å². The number of hydrogen-bond donors (Lipinski definition) is 0. The smallest absolute Gasteiger partial charge is 0.248 e. The van der Waals surface area contributed by atoms with E-state index in [2.05, 4.69) is 5.16 Å². The Morgan fingerprint density at radius 1 is 1.17 bits per heavy atom. The molecule has 9 nitrogen and oxygen atoms in total. The normalized spacial score (nSPS) is 18.7. The Bertz CT molecular complexity index is 1490. The van der Waals surface area contributed by atoms with Crippen molar-refractivity contribution in [1.29, 1.82) is 0 Å². The van der Waals surface area contributed by atoms with Crippen LogP contribution in [-0.2, 0) is 21.3 Å². The first-order valence-electron chi connectivity index (χ1n) is 11.7. The van der Waals surface area contributed by atoms with E-state index in [1.807, 2.05) is 36.4 Å². The highest BCUT2D eigenvalue weighted by Crippen LogP contribution is 2.42. The Hall–Kier alpha value is -2.99. The van der Waals surface area contributed by atoms with Gasteiger partial charge < -0.3 is 18.7 Å². The van der Waals surface area contributed by atoms with Gasteiger partial charge in [-0.1, -0.05) is 17.3 Å². The van der Waals surface area contributed by atoms with Gasteiger partial charge >= 0.3 is 0 Å². The Kier molecular flexibility index (Phi) is 5.95. The van der Waals surface area contributed by atoms with Crippen molar-refractivity contribution >= 4 is 31.6 Å². The van der Waals surface area contributed by atoms with Crippen molar-refractivity contribution in [1.82, 2.24) is 14.4 Å². The van der Waals surface area contributed by atoms with E-state index in [1.54, 1.807) is 25.2 Å². The van der Waals surface area contributed by atoms with Crippen molar-refractivity contribution in [3.8, 4) is 22.1 Å². The van der Waals surface area contributed by atoms with Gasteiger partial charge in [-0.05, 0) is 38.1 Å². The second kappa shape index (κ2) is 9.15. The lowest BCUT2D eigenvalue weighted by Gasteiger charge is -2.20. The Morgan fingerprint density at radius 2 is 2.03 bits per heavy atom. The Labute approximate surface area is 212 Å².